The van der Waals surface area contributed by atoms with Crippen LogP contribution in [0.2, 0.25) is 0 Å². The maximum atomic E-state index is 12.2. The largest absolute Gasteiger partial charge is 0.385 e. The van der Waals surface area contributed by atoms with E-state index in [1.165, 1.54) is 0 Å². The van der Waals surface area contributed by atoms with Crippen molar-refractivity contribution in [2.45, 2.75) is 38.6 Å². The number of carbonyl (C=O) groups excluding carboxylic acids is 1. The summed E-state index contributed by atoms with van der Waals surface area (Å²) in [4.78, 5) is 12.2. The second kappa shape index (κ2) is 6.55. The lowest BCUT2D eigenvalue weighted by atomic mass is 9.96. The van der Waals surface area contributed by atoms with Crippen molar-refractivity contribution in [1.82, 2.24) is 5.32 Å². The highest BCUT2D eigenvalue weighted by atomic mass is 16.5. The third kappa shape index (κ3) is 4.49. The van der Waals surface area contributed by atoms with Crippen molar-refractivity contribution in [3.8, 4) is 0 Å². The van der Waals surface area contributed by atoms with E-state index in [1.54, 1.807) is 7.11 Å². The maximum Gasteiger partial charge on any atom is 0.227 e. The molecule has 0 heterocycles. The van der Waals surface area contributed by atoms with Crippen LogP contribution in [0, 0.1) is 0 Å². The third-order valence-corrected chi connectivity index (χ3v) is 3.09. The van der Waals surface area contributed by atoms with Crippen LogP contribution >= 0.6 is 0 Å². The van der Waals surface area contributed by atoms with Gasteiger partial charge in [-0.1, -0.05) is 30.3 Å². The van der Waals surface area contributed by atoms with Crippen molar-refractivity contribution in [3.05, 3.63) is 35.9 Å². The van der Waals surface area contributed by atoms with Gasteiger partial charge in [-0.3, -0.25) is 4.79 Å². The van der Waals surface area contributed by atoms with E-state index in [0.29, 0.717) is 6.61 Å². The Morgan fingerprint density at radius 2 is 1.94 bits per heavy atom. The number of ether oxygens (including phenoxy) is 1. The lowest BCUT2D eigenvalue weighted by molar-refractivity contribution is -0.124. The fourth-order valence-corrected chi connectivity index (χ4v) is 1.75. The van der Waals surface area contributed by atoms with Crippen LogP contribution in [-0.4, -0.2) is 25.2 Å². The monoisotopic (exact) mass is 249 g/mol. The van der Waals surface area contributed by atoms with Gasteiger partial charge in [0.1, 0.15) is 0 Å². The summed E-state index contributed by atoms with van der Waals surface area (Å²) < 4.78 is 5.05. The van der Waals surface area contributed by atoms with Crippen LogP contribution in [0.4, 0.5) is 0 Å². The minimum atomic E-state index is -0.240. The summed E-state index contributed by atoms with van der Waals surface area (Å²) in [5.41, 5.74) is 0.799. The molecule has 0 unspecified atom stereocenters. The van der Waals surface area contributed by atoms with E-state index in [1.807, 2.05) is 51.1 Å². The molecule has 1 atom stereocenters. The molecule has 0 bridgehead atoms. The molecular formula is C15H23NO2. The van der Waals surface area contributed by atoms with Crippen molar-refractivity contribution < 1.29 is 9.53 Å². The Labute approximate surface area is 110 Å². The summed E-state index contributed by atoms with van der Waals surface area (Å²) in [6.07, 6.45) is 0.802. The van der Waals surface area contributed by atoms with E-state index in [0.717, 1.165) is 12.0 Å². The van der Waals surface area contributed by atoms with Gasteiger partial charge >= 0.3 is 0 Å². The highest BCUT2D eigenvalue weighted by Gasteiger charge is 2.23. The minimum absolute atomic E-state index is 0.0577. The second-order valence-corrected chi connectivity index (χ2v) is 5.25. The maximum absolute atomic E-state index is 12.2. The Kier molecular flexibility index (Phi) is 5.35. The molecular weight excluding hydrogens is 226 g/mol. The van der Waals surface area contributed by atoms with Crippen molar-refractivity contribution >= 4 is 5.91 Å². The molecule has 0 spiro atoms. The van der Waals surface area contributed by atoms with Crippen LogP contribution in [0.5, 0.6) is 0 Å². The molecule has 0 aliphatic rings. The molecule has 1 aromatic rings. The quantitative estimate of drug-likeness (QED) is 0.842. The first-order chi connectivity index (χ1) is 8.46. The van der Waals surface area contributed by atoms with Crippen LogP contribution in [0.25, 0.3) is 0 Å². The number of hydrogen-bond donors (Lipinski definition) is 1. The molecule has 0 fully saturated rings. The molecule has 0 saturated heterocycles. The highest BCUT2D eigenvalue weighted by Crippen LogP contribution is 2.17. The number of methoxy groups -OCH3 is 1. The first-order valence-corrected chi connectivity index (χ1v) is 6.32. The predicted molar refractivity (Wildman–Crippen MR) is 73.6 cm³/mol. The average molecular weight is 249 g/mol. The molecule has 3 heteroatoms. The molecule has 0 aliphatic heterocycles. The zero-order chi connectivity index (χ0) is 13.6. The smallest absolute Gasteiger partial charge is 0.227 e. The normalized spacial score (nSPS) is 13.1. The second-order valence-electron chi connectivity index (χ2n) is 5.25. The summed E-state index contributed by atoms with van der Waals surface area (Å²) in [6.45, 7) is 6.60. The van der Waals surface area contributed by atoms with Crippen molar-refractivity contribution in [2.75, 3.05) is 13.7 Å². The van der Waals surface area contributed by atoms with Gasteiger partial charge < -0.3 is 10.1 Å². The Bertz CT molecular complexity index is 373. The Morgan fingerprint density at radius 3 is 2.50 bits per heavy atom. The number of carbonyl (C=O) groups is 1. The standard InChI is InChI=1S/C15H23NO2/c1-12(13-8-6-5-7-9-13)14(17)16-15(2,3)10-11-18-4/h5-9,12H,10-11H2,1-4H3,(H,16,17)/t12-/m1/s1. The van der Waals surface area contributed by atoms with E-state index in [-0.39, 0.29) is 17.4 Å². The Hall–Kier alpha value is -1.35. The first kappa shape index (κ1) is 14.7. The van der Waals surface area contributed by atoms with E-state index in [9.17, 15) is 4.79 Å². The molecule has 0 saturated carbocycles. The summed E-state index contributed by atoms with van der Waals surface area (Å²) in [7, 11) is 1.67. The van der Waals surface area contributed by atoms with Gasteiger partial charge in [0.05, 0.1) is 5.92 Å². The lowest BCUT2D eigenvalue weighted by Crippen LogP contribution is -2.45. The van der Waals surface area contributed by atoms with E-state index >= 15 is 0 Å². The number of benzene rings is 1. The van der Waals surface area contributed by atoms with Crippen LogP contribution in [0.15, 0.2) is 30.3 Å². The summed E-state index contributed by atoms with van der Waals surface area (Å²) in [5, 5.41) is 3.07. The van der Waals surface area contributed by atoms with Gasteiger partial charge in [0.25, 0.3) is 0 Å². The molecule has 0 aromatic heterocycles. The first-order valence-electron chi connectivity index (χ1n) is 6.32. The topological polar surface area (TPSA) is 38.3 Å². The Morgan fingerprint density at radius 1 is 1.33 bits per heavy atom. The molecule has 1 rings (SSSR count). The SMILES string of the molecule is COCCC(C)(C)NC(=O)[C@H](C)c1ccccc1. The third-order valence-electron chi connectivity index (χ3n) is 3.09. The van der Waals surface area contributed by atoms with Gasteiger partial charge in [0.15, 0.2) is 0 Å². The molecule has 1 N–H and O–H groups in total. The molecule has 1 amide bonds. The van der Waals surface area contributed by atoms with E-state index in [4.69, 9.17) is 4.74 Å². The predicted octanol–water partition coefficient (Wildman–Crippen LogP) is 2.72. The van der Waals surface area contributed by atoms with E-state index < -0.39 is 0 Å². The molecule has 0 aliphatic carbocycles. The minimum Gasteiger partial charge on any atom is -0.385 e. The molecule has 1 aromatic carbocycles. The number of amides is 1. The van der Waals surface area contributed by atoms with Crippen LogP contribution in [0.1, 0.15) is 38.7 Å². The zero-order valence-electron chi connectivity index (χ0n) is 11.7. The van der Waals surface area contributed by atoms with Gasteiger partial charge in [-0.25, -0.2) is 0 Å². The van der Waals surface area contributed by atoms with Gasteiger partial charge in [0, 0.05) is 19.3 Å². The average Bonchev–Trinajstić information content (AvgIpc) is 2.36. The molecule has 0 radical (unpaired) electrons. The van der Waals surface area contributed by atoms with Crippen molar-refractivity contribution in [2.24, 2.45) is 0 Å². The molecule has 3 nitrogen and oxygen atoms in total. The van der Waals surface area contributed by atoms with Crippen molar-refractivity contribution in [1.29, 1.82) is 0 Å². The number of rotatable bonds is 6. The molecule has 100 valence electrons. The fourth-order valence-electron chi connectivity index (χ4n) is 1.75. The van der Waals surface area contributed by atoms with Gasteiger partial charge in [-0.15, -0.1) is 0 Å². The summed E-state index contributed by atoms with van der Waals surface area (Å²) in [6, 6.07) is 9.82. The Balaban J connectivity index is 2.60. The fraction of sp³-hybridized carbons (Fsp3) is 0.533. The van der Waals surface area contributed by atoms with Crippen molar-refractivity contribution in [3.63, 3.8) is 0 Å². The summed E-state index contributed by atoms with van der Waals surface area (Å²) in [5.74, 6) is -0.0738. The van der Waals surface area contributed by atoms with Crippen LogP contribution in [-0.2, 0) is 9.53 Å². The number of nitrogens with one attached hydrogen (secondary N) is 1. The number of hydrogen-bond acceptors (Lipinski definition) is 2. The highest BCUT2D eigenvalue weighted by molar-refractivity contribution is 5.83. The zero-order valence-corrected chi connectivity index (χ0v) is 11.7. The van der Waals surface area contributed by atoms with Crippen LogP contribution < -0.4 is 5.32 Å². The summed E-state index contributed by atoms with van der Waals surface area (Å²) >= 11 is 0. The van der Waals surface area contributed by atoms with E-state index in [2.05, 4.69) is 5.32 Å². The molecule has 18 heavy (non-hydrogen) atoms. The van der Waals surface area contributed by atoms with Crippen LogP contribution in [0.3, 0.4) is 0 Å². The van der Waals surface area contributed by atoms with Gasteiger partial charge in [-0.05, 0) is 32.8 Å². The lowest BCUT2D eigenvalue weighted by Gasteiger charge is -2.27. The van der Waals surface area contributed by atoms with Gasteiger partial charge in [-0.2, -0.15) is 0 Å². The van der Waals surface area contributed by atoms with Gasteiger partial charge in [0.2, 0.25) is 5.91 Å².